The zero-order valence-electron chi connectivity index (χ0n) is 33.7. The number of fused-ring (bicyclic) bond motifs is 4. The van der Waals surface area contributed by atoms with Gasteiger partial charge in [0.15, 0.2) is 11.0 Å². The van der Waals surface area contributed by atoms with Crippen molar-refractivity contribution in [2.75, 3.05) is 36.5 Å². The summed E-state index contributed by atoms with van der Waals surface area (Å²) in [6, 6.07) is 20.6. The van der Waals surface area contributed by atoms with Crippen molar-refractivity contribution in [2.45, 2.75) is 90.2 Å². The molecule has 0 spiro atoms. The number of imidazole rings is 2. The number of nitrogens with one attached hydrogen (secondary N) is 1. The van der Waals surface area contributed by atoms with Crippen LogP contribution in [0.25, 0.3) is 11.0 Å². The standard InChI is InChI=1S/C18H21N5O.C11H15N5O.C7H7Br.C4H8O.Na.H/c1-13(2)16-19-11-15-17(24)22-10-6-9-21(18(22)20-23(15)16)12-14-7-4-3-5-8-14;1-7(2)9-13-6-8-10(17)15-5-3-4-12-11(15)14-16(8)9;8-6-7-4-2-1-3-5-7;1-2-4-5-3-1;;/h3-5,7-8,11,13H,6,9-10,12H2,1-2H3;6-7H,3-5H2,1-2H3,(H,12,14);1-5H,6H2;1-4H2;;/q;;;;+1;-1. The topological polar surface area (TPSA) is 129 Å². The summed E-state index contributed by atoms with van der Waals surface area (Å²) in [7, 11) is 0. The van der Waals surface area contributed by atoms with Gasteiger partial charge < -0.3 is 16.4 Å². The third-order valence-corrected chi connectivity index (χ3v) is 9.99. The van der Waals surface area contributed by atoms with E-state index in [1.807, 2.05) is 50.2 Å². The quantitative estimate of drug-likeness (QED) is 0.204. The van der Waals surface area contributed by atoms with Gasteiger partial charge in [0.1, 0.15) is 11.6 Å². The average Bonchev–Trinajstić information content (AvgIpc) is 4.00. The third-order valence-electron chi connectivity index (χ3n) is 9.35. The first kappa shape index (κ1) is 42.3. The van der Waals surface area contributed by atoms with E-state index in [9.17, 15) is 9.59 Å². The van der Waals surface area contributed by atoms with Crippen LogP contribution in [0.15, 0.2) is 82.6 Å². The molecular weight excluding hydrogens is 771 g/mol. The van der Waals surface area contributed by atoms with Crippen molar-refractivity contribution in [1.82, 2.24) is 38.3 Å². The van der Waals surface area contributed by atoms with Crippen LogP contribution in [0.5, 0.6) is 0 Å². The molecule has 0 aliphatic carbocycles. The predicted molar refractivity (Wildman–Crippen MR) is 218 cm³/mol. The van der Waals surface area contributed by atoms with Crippen molar-refractivity contribution in [3.8, 4) is 0 Å². The Bertz CT molecular complexity index is 2230. The molecule has 3 aliphatic rings. The molecule has 9 rings (SSSR count). The molecule has 1 N–H and O–H groups in total. The van der Waals surface area contributed by atoms with Crippen LogP contribution < -0.4 is 50.9 Å². The van der Waals surface area contributed by atoms with Gasteiger partial charge in [-0.2, -0.15) is 0 Å². The summed E-state index contributed by atoms with van der Waals surface area (Å²) in [5, 5.41) is 13.3. The predicted octanol–water partition coefficient (Wildman–Crippen LogP) is 3.75. The molecule has 0 saturated carbocycles. The van der Waals surface area contributed by atoms with E-state index in [1.54, 1.807) is 30.6 Å². The second-order valence-corrected chi connectivity index (χ2v) is 14.7. The number of alkyl halides is 1. The van der Waals surface area contributed by atoms with Gasteiger partial charge in [0, 0.05) is 63.1 Å². The van der Waals surface area contributed by atoms with E-state index in [-0.39, 0.29) is 53.9 Å². The fourth-order valence-corrected chi connectivity index (χ4v) is 6.90. The molecule has 0 bridgehead atoms. The van der Waals surface area contributed by atoms with E-state index < -0.39 is 0 Å². The SMILES string of the molecule is BrCc1ccccc1.C1CCOC1.CC(C)c1ncc2c(=O)n3c(nn12)N(Cc1ccccc1)CCC3.CC(C)c1ncc2c(=O)n3c(nn12)NCCC3.[H-].[Na+]. The van der Waals surface area contributed by atoms with Crippen molar-refractivity contribution in [3.63, 3.8) is 0 Å². The number of nitrogens with zero attached hydrogens (tertiary/aromatic N) is 9. The Kier molecular flexibility index (Phi) is 15.7. The Morgan fingerprint density at radius 1 is 0.727 bits per heavy atom. The zero-order chi connectivity index (χ0) is 38.0. The van der Waals surface area contributed by atoms with Crippen molar-refractivity contribution in [2.24, 2.45) is 0 Å². The second-order valence-electron chi connectivity index (χ2n) is 14.2. The Balaban J connectivity index is 0.000000188. The summed E-state index contributed by atoms with van der Waals surface area (Å²) in [5.74, 6) is 3.50. The molecule has 6 aromatic rings. The summed E-state index contributed by atoms with van der Waals surface area (Å²) >= 11 is 3.36. The minimum Gasteiger partial charge on any atom is -1.00 e. The van der Waals surface area contributed by atoms with E-state index in [4.69, 9.17) is 9.84 Å². The van der Waals surface area contributed by atoms with E-state index >= 15 is 0 Å². The molecule has 13 nitrogen and oxygen atoms in total. The monoisotopic (exact) mass is 822 g/mol. The summed E-state index contributed by atoms with van der Waals surface area (Å²) < 4.78 is 11.8. The fraction of sp³-hybridized carbons (Fsp3) is 0.450. The normalized spacial score (nSPS) is 14.4. The van der Waals surface area contributed by atoms with Gasteiger partial charge in [-0.1, -0.05) is 104 Å². The van der Waals surface area contributed by atoms with Crippen LogP contribution in [0.3, 0.4) is 0 Å². The van der Waals surface area contributed by atoms with Gasteiger partial charge >= 0.3 is 29.6 Å². The number of aromatic nitrogens is 8. The van der Waals surface area contributed by atoms with Gasteiger partial charge in [-0.3, -0.25) is 18.7 Å². The third kappa shape index (κ3) is 10.3. The number of anilines is 2. The van der Waals surface area contributed by atoms with Crippen LogP contribution in [-0.4, -0.2) is 64.6 Å². The summed E-state index contributed by atoms with van der Waals surface area (Å²) in [5.41, 5.74) is 3.64. The number of benzene rings is 2. The molecule has 55 heavy (non-hydrogen) atoms. The Labute approximate surface area is 354 Å². The first-order valence-corrected chi connectivity index (χ1v) is 20.1. The Hall–Kier alpha value is -3.82. The zero-order valence-corrected chi connectivity index (χ0v) is 36.3. The largest absolute Gasteiger partial charge is 1.00 e. The van der Waals surface area contributed by atoms with Crippen LogP contribution in [0, 0.1) is 0 Å². The first-order valence-electron chi connectivity index (χ1n) is 18.9. The molecule has 1 saturated heterocycles. The molecule has 1 fully saturated rings. The average molecular weight is 824 g/mol. The molecule has 0 unspecified atom stereocenters. The van der Waals surface area contributed by atoms with Crippen molar-refractivity contribution >= 4 is 38.9 Å². The van der Waals surface area contributed by atoms with Crippen molar-refractivity contribution in [1.29, 1.82) is 0 Å². The van der Waals surface area contributed by atoms with Gasteiger partial charge in [0.25, 0.3) is 11.1 Å². The Morgan fingerprint density at radius 2 is 1.27 bits per heavy atom. The van der Waals surface area contributed by atoms with Crippen LogP contribution in [0.1, 0.15) is 89.4 Å². The molecule has 15 heteroatoms. The summed E-state index contributed by atoms with van der Waals surface area (Å²) in [6.07, 6.45) is 7.72. The number of halogens is 1. The maximum atomic E-state index is 12.8. The summed E-state index contributed by atoms with van der Waals surface area (Å²) in [4.78, 5) is 35.9. The van der Waals surface area contributed by atoms with E-state index in [0.29, 0.717) is 23.5 Å². The van der Waals surface area contributed by atoms with Crippen LogP contribution in [0.2, 0.25) is 0 Å². The molecule has 4 aromatic heterocycles. The van der Waals surface area contributed by atoms with Gasteiger partial charge in [0.2, 0.25) is 11.9 Å². The first-order chi connectivity index (χ1) is 26.3. The Morgan fingerprint density at radius 3 is 1.80 bits per heavy atom. The molecule has 0 atom stereocenters. The molecule has 0 radical (unpaired) electrons. The van der Waals surface area contributed by atoms with E-state index in [0.717, 1.165) is 75.2 Å². The smallest absolute Gasteiger partial charge is 1.00 e. The molecule has 3 aliphatic heterocycles. The number of rotatable bonds is 5. The molecular formula is C40H52BrN10NaO3. The molecule has 7 heterocycles. The molecule has 288 valence electrons. The summed E-state index contributed by atoms with van der Waals surface area (Å²) in [6.45, 7) is 14.2. The van der Waals surface area contributed by atoms with Crippen LogP contribution >= 0.6 is 15.9 Å². The van der Waals surface area contributed by atoms with Crippen LogP contribution in [0.4, 0.5) is 11.9 Å². The number of ether oxygens (including phenoxy) is 1. The number of hydrogen-bond acceptors (Lipinski definition) is 9. The van der Waals surface area contributed by atoms with Crippen molar-refractivity contribution in [3.05, 3.63) is 117 Å². The van der Waals surface area contributed by atoms with Gasteiger partial charge in [0.05, 0.1) is 12.4 Å². The van der Waals surface area contributed by atoms with Gasteiger partial charge in [-0.15, -0.1) is 10.2 Å². The van der Waals surface area contributed by atoms with Crippen LogP contribution in [-0.2, 0) is 29.7 Å². The second kappa shape index (κ2) is 20.4. The maximum absolute atomic E-state index is 12.8. The fourth-order valence-electron chi connectivity index (χ4n) is 6.53. The van der Waals surface area contributed by atoms with E-state index in [2.05, 4.69) is 79.3 Å². The molecule has 2 aromatic carbocycles. The van der Waals surface area contributed by atoms with E-state index in [1.165, 1.54) is 24.0 Å². The van der Waals surface area contributed by atoms with Gasteiger partial charge in [-0.05, 0) is 36.8 Å². The number of hydrogen-bond donors (Lipinski definition) is 1. The van der Waals surface area contributed by atoms with Gasteiger partial charge in [-0.25, -0.2) is 19.0 Å². The minimum atomic E-state index is -0.0124. The maximum Gasteiger partial charge on any atom is 1.00 e. The molecule has 0 amide bonds. The van der Waals surface area contributed by atoms with Crippen molar-refractivity contribution < 1.29 is 35.7 Å². The minimum absolute atomic E-state index is 0.